The fourth-order valence-corrected chi connectivity index (χ4v) is 2.80. The molecule has 0 bridgehead atoms. The van der Waals surface area contributed by atoms with Gasteiger partial charge in [0, 0.05) is 11.6 Å². The SMILES string of the molecule is COc1ccc(Cl)cc1NC(=O)CN(C)CCOc1cc(C)cc(C)c1. The maximum absolute atomic E-state index is 12.2. The van der Waals surface area contributed by atoms with Crippen molar-refractivity contribution in [1.29, 1.82) is 0 Å². The van der Waals surface area contributed by atoms with E-state index in [9.17, 15) is 4.79 Å². The first-order valence-electron chi connectivity index (χ1n) is 8.40. The second-order valence-electron chi connectivity index (χ2n) is 6.30. The number of methoxy groups -OCH3 is 1. The molecule has 26 heavy (non-hydrogen) atoms. The molecule has 0 aliphatic rings. The number of rotatable bonds is 8. The molecule has 0 saturated heterocycles. The van der Waals surface area contributed by atoms with Crippen molar-refractivity contribution >= 4 is 23.2 Å². The summed E-state index contributed by atoms with van der Waals surface area (Å²) in [6.07, 6.45) is 0. The molecule has 0 heterocycles. The van der Waals surface area contributed by atoms with Crippen LogP contribution in [0, 0.1) is 13.8 Å². The van der Waals surface area contributed by atoms with Crippen LogP contribution in [0.2, 0.25) is 5.02 Å². The van der Waals surface area contributed by atoms with E-state index in [0.29, 0.717) is 29.6 Å². The smallest absolute Gasteiger partial charge is 0.238 e. The summed E-state index contributed by atoms with van der Waals surface area (Å²) in [6, 6.07) is 11.2. The van der Waals surface area contributed by atoms with E-state index in [4.69, 9.17) is 21.1 Å². The Morgan fingerprint density at radius 2 is 1.85 bits per heavy atom. The molecule has 0 aliphatic heterocycles. The van der Waals surface area contributed by atoms with Crippen molar-refractivity contribution in [3.8, 4) is 11.5 Å². The zero-order valence-electron chi connectivity index (χ0n) is 15.6. The predicted molar refractivity (Wildman–Crippen MR) is 106 cm³/mol. The van der Waals surface area contributed by atoms with Crippen LogP contribution < -0.4 is 14.8 Å². The topological polar surface area (TPSA) is 50.8 Å². The molecular formula is C20H25ClN2O3. The van der Waals surface area contributed by atoms with Gasteiger partial charge in [0.25, 0.3) is 0 Å². The van der Waals surface area contributed by atoms with Gasteiger partial charge in [-0.05, 0) is 62.4 Å². The van der Waals surface area contributed by atoms with Crippen molar-refractivity contribution in [2.24, 2.45) is 0 Å². The third-order valence-electron chi connectivity index (χ3n) is 3.79. The van der Waals surface area contributed by atoms with Crippen LogP contribution in [0.3, 0.4) is 0 Å². The van der Waals surface area contributed by atoms with Crippen molar-refractivity contribution in [2.45, 2.75) is 13.8 Å². The van der Waals surface area contributed by atoms with E-state index in [0.717, 1.165) is 5.75 Å². The molecular weight excluding hydrogens is 352 g/mol. The number of carbonyl (C=O) groups excluding carboxylic acids is 1. The van der Waals surface area contributed by atoms with Crippen molar-refractivity contribution < 1.29 is 14.3 Å². The highest BCUT2D eigenvalue weighted by Gasteiger charge is 2.11. The van der Waals surface area contributed by atoms with Crippen LogP contribution in [0.25, 0.3) is 0 Å². The molecule has 0 unspecified atom stereocenters. The van der Waals surface area contributed by atoms with E-state index < -0.39 is 0 Å². The van der Waals surface area contributed by atoms with E-state index in [1.165, 1.54) is 11.1 Å². The molecule has 140 valence electrons. The number of halogens is 1. The Bertz CT molecular complexity index is 744. The van der Waals surface area contributed by atoms with E-state index in [1.807, 2.05) is 37.9 Å². The van der Waals surface area contributed by atoms with E-state index in [-0.39, 0.29) is 12.5 Å². The minimum atomic E-state index is -0.139. The molecule has 1 amide bonds. The molecule has 0 spiro atoms. The summed E-state index contributed by atoms with van der Waals surface area (Å²) in [5.41, 5.74) is 2.90. The Balaban J connectivity index is 1.81. The first-order valence-corrected chi connectivity index (χ1v) is 8.78. The number of amides is 1. The molecule has 0 atom stereocenters. The van der Waals surface area contributed by atoms with Gasteiger partial charge in [0.2, 0.25) is 5.91 Å². The number of hydrogen-bond donors (Lipinski definition) is 1. The molecule has 0 radical (unpaired) electrons. The largest absolute Gasteiger partial charge is 0.495 e. The Kier molecular flexibility index (Phi) is 7.30. The summed E-state index contributed by atoms with van der Waals surface area (Å²) in [6.45, 7) is 5.47. The highest BCUT2D eigenvalue weighted by Crippen LogP contribution is 2.27. The summed E-state index contributed by atoms with van der Waals surface area (Å²) in [5.74, 6) is 1.28. The van der Waals surface area contributed by atoms with Gasteiger partial charge in [-0.2, -0.15) is 0 Å². The summed E-state index contributed by atoms with van der Waals surface area (Å²) in [4.78, 5) is 14.1. The lowest BCUT2D eigenvalue weighted by Gasteiger charge is -2.17. The summed E-state index contributed by atoms with van der Waals surface area (Å²) >= 11 is 5.98. The Labute approximate surface area is 159 Å². The fraction of sp³-hybridized carbons (Fsp3) is 0.350. The third kappa shape index (κ3) is 6.24. The molecule has 6 heteroatoms. The van der Waals surface area contributed by atoms with E-state index in [2.05, 4.69) is 11.4 Å². The number of hydrogen-bond acceptors (Lipinski definition) is 4. The summed E-state index contributed by atoms with van der Waals surface area (Å²) < 4.78 is 11.0. The molecule has 0 saturated carbocycles. The molecule has 0 aliphatic carbocycles. The predicted octanol–water partition coefficient (Wildman–Crippen LogP) is 3.91. The quantitative estimate of drug-likeness (QED) is 0.758. The molecule has 2 rings (SSSR count). The van der Waals surface area contributed by atoms with Gasteiger partial charge in [-0.15, -0.1) is 0 Å². The lowest BCUT2D eigenvalue weighted by atomic mass is 10.1. The van der Waals surface area contributed by atoms with Gasteiger partial charge >= 0.3 is 0 Å². The van der Waals surface area contributed by atoms with Gasteiger partial charge in [0.1, 0.15) is 18.1 Å². The second-order valence-corrected chi connectivity index (χ2v) is 6.74. The molecule has 5 nitrogen and oxygen atoms in total. The maximum atomic E-state index is 12.2. The first kappa shape index (κ1) is 20.1. The van der Waals surface area contributed by atoms with Crippen LogP contribution in [0.15, 0.2) is 36.4 Å². The van der Waals surface area contributed by atoms with Crippen LogP contribution in [-0.4, -0.2) is 44.7 Å². The number of benzene rings is 2. The standard InChI is InChI=1S/C20H25ClN2O3/c1-14-9-15(2)11-17(10-14)26-8-7-23(3)13-20(24)22-18-12-16(21)5-6-19(18)25-4/h5-6,9-12H,7-8,13H2,1-4H3,(H,22,24). The number of anilines is 1. The molecule has 0 aromatic heterocycles. The monoisotopic (exact) mass is 376 g/mol. The van der Waals surface area contributed by atoms with Crippen molar-refractivity contribution in [2.75, 3.05) is 39.2 Å². The second kappa shape index (κ2) is 9.46. The van der Waals surface area contributed by atoms with Gasteiger partial charge < -0.3 is 14.8 Å². The molecule has 2 aromatic rings. The highest BCUT2D eigenvalue weighted by molar-refractivity contribution is 6.31. The number of nitrogens with one attached hydrogen (secondary N) is 1. The lowest BCUT2D eigenvalue weighted by Crippen LogP contribution is -2.33. The number of nitrogens with zero attached hydrogens (tertiary/aromatic N) is 1. The van der Waals surface area contributed by atoms with Crippen molar-refractivity contribution in [3.63, 3.8) is 0 Å². The maximum Gasteiger partial charge on any atom is 0.238 e. The van der Waals surface area contributed by atoms with Gasteiger partial charge in [-0.25, -0.2) is 0 Å². The zero-order chi connectivity index (χ0) is 19.1. The summed E-state index contributed by atoms with van der Waals surface area (Å²) in [5, 5.41) is 3.36. The van der Waals surface area contributed by atoms with E-state index in [1.54, 1.807) is 25.3 Å². The Morgan fingerprint density at radius 1 is 1.15 bits per heavy atom. The average Bonchev–Trinajstić information content (AvgIpc) is 2.54. The lowest BCUT2D eigenvalue weighted by molar-refractivity contribution is -0.117. The summed E-state index contributed by atoms with van der Waals surface area (Å²) in [7, 11) is 3.43. The number of carbonyl (C=O) groups is 1. The van der Waals surface area contributed by atoms with Gasteiger partial charge in [0.15, 0.2) is 0 Å². The van der Waals surface area contributed by atoms with Crippen LogP contribution >= 0.6 is 11.6 Å². The van der Waals surface area contributed by atoms with Gasteiger partial charge in [-0.3, -0.25) is 9.69 Å². The normalized spacial score (nSPS) is 10.7. The zero-order valence-corrected chi connectivity index (χ0v) is 16.4. The van der Waals surface area contributed by atoms with Gasteiger partial charge in [-0.1, -0.05) is 17.7 Å². The fourth-order valence-electron chi connectivity index (χ4n) is 2.63. The molecule has 1 N–H and O–H groups in total. The number of ether oxygens (including phenoxy) is 2. The van der Waals surface area contributed by atoms with Crippen LogP contribution in [0.1, 0.15) is 11.1 Å². The van der Waals surface area contributed by atoms with Crippen LogP contribution in [-0.2, 0) is 4.79 Å². The van der Waals surface area contributed by atoms with E-state index >= 15 is 0 Å². The van der Waals surface area contributed by atoms with Crippen molar-refractivity contribution in [3.05, 3.63) is 52.5 Å². The number of aryl methyl sites for hydroxylation is 2. The Morgan fingerprint density at radius 3 is 2.50 bits per heavy atom. The van der Waals surface area contributed by atoms with Crippen LogP contribution in [0.4, 0.5) is 5.69 Å². The molecule has 0 fully saturated rings. The van der Waals surface area contributed by atoms with Crippen LogP contribution in [0.5, 0.6) is 11.5 Å². The number of likely N-dealkylation sites (N-methyl/N-ethyl adjacent to an activating group) is 1. The minimum absolute atomic E-state index is 0.139. The highest BCUT2D eigenvalue weighted by atomic mass is 35.5. The van der Waals surface area contributed by atoms with Gasteiger partial charge in [0.05, 0.1) is 19.3 Å². The average molecular weight is 377 g/mol. The van der Waals surface area contributed by atoms with Crippen molar-refractivity contribution in [1.82, 2.24) is 4.90 Å². The third-order valence-corrected chi connectivity index (χ3v) is 4.02. The molecule has 2 aromatic carbocycles. The Hall–Kier alpha value is -2.24. The first-order chi connectivity index (χ1) is 12.4. The minimum Gasteiger partial charge on any atom is -0.495 e.